The van der Waals surface area contributed by atoms with E-state index < -0.39 is 5.97 Å². The minimum absolute atomic E-state index is 0.0231. The summed E-state index contributed by atoms with van der Waals surface area (Å²) in [6.45, 7) is 2.90. The molecule has 0 heterocycles. The number of hydrogen-bond acceptors (Lipinski definition) is 3. The summed E-state index contributed by atoms with van der Waals surface area (Å²) in [4.78, 5) is 22.6. The third kappa shape index (κ3) is 56.7. The maximum Gasteiger partial charge on any atom is 0.305 e. The van der Waals surface area contributed by atoms with Crippen molar-refractivity contribution in [1.82, 2.24) is 0 Å². The van der Waals surface area contributed by atoms with Crippen LogP contribution < -0.4 is 0 Å². The summed E-state index contributed by atoms with van der Waals surface area (Å²) in [5.41, 5.74) is 0. The fraction of sp³-hybridized carbons (Fsp3) is 0.930. The van der Waals surface area contributed by atoms with Crippen LogP contribution in [0.1, 0.15) is 334 Å². The number of ether oxygens (including phenoxy) is 1. The molecular weight excluding hydrogens is 749 g/mol. The quantitative estimate of drug-likeness (QED) is 0.0376. The van der Waals surface area contributed by atoms with Crippen LogP contribution in [0.2, 0.25) is 0 Å². The van der Waals surface area contributed by atoms with Gasteiger partial charge in [0.2, 0.25) is 0 Å². The average molecular weight is 860 g/mol. The lowest BCUT2D eigenvalue weighted by molar-refractivity contribution is -0.144. The van der Waals surface area contributed by atoms with Gasteiger partial charge in [-0.1, -0.05) is 289 Å². The van der Waals surface area contributed by atoms with Crippen LogP contribution in [-0.4, -0.2) is 23.7 Å². The molecule has 0 aliphatic heterocycles. The smallest absolute Gasteiger partial charge is 0.305 e. The Kier molecular flexibility index (Phi) is 53.6. The van der Waals surface area contributed by atoms with E-state index in [1.54, 1.807) is 0 Å². The Morgan fingerprint density at radius 1 is 0.311 bits per heavy atom. The number of unbranched alkanes of at least 4 members (excludes halogenated alkanes) is 46. The van der Waals surface area contributed by atoms with Crippen LogP contribution in [0.15, 0.2) is 12.2 Å². The minimum atomic E-state index is -0.651. The van der Waals surface area contributed by atoms with Gasteiger partial charge in [-0.2, -0.15) is 0 Å². The highest BCUT2D eigenvalue weighted by atomic mass is 16.5. The lowest BCUT2D eigenvalue weighted by Crippen LogP contribution is -2.05. The third-order valence-corrected chi connectivity index (χ3v) is 13.2. The molecule has 0 aromatic heterocycles. The highest BCUT2D eigenvalue weighted by molar-refractivity contribution is 5.69. The zero-order chi connectivity index (χ0) is 44.0. The molecule has 0 aliphatic carbocycles. The van der Waals surface area contributed by atoms with Crippen molar-refractivity contribution in [3.63, 3.8) is 0 Å². The minimum Gasteiger partial charge on any atom is -0.481 e. The van der Waals surface area contributed by atoms with Gasteiger partial charge in [0.05, 0.1) is 6.61 Å². The Balaban J connectivity index is 3.14. The molecule has 0 unspecified atom stereocenters. The van der Waals surface area contributed by atoms with Gasteiger partial charge >= 0.3 is 11.9 Å². The summed E-state index contributed by atoms with van der Waals surface area (Å²) in [6, 6.07) is 0. The Bertz CT molecular complexity index is 867. The van der Waals surface area contributed by atoms with Gasteiger partial charge in [0.15, 0.2) is 0 Å². The molecule has 0 radical (unpaired) electrons. The van der Waals surface area contributed by atoms with Gasteiger partial charge in [-0.3, -0.25) is 9.59 Å². The lowest BCUT2D eigenvalue weighted by Gasteiger charge is -2.06. The molecule has 61 heavy (non-hydrogen) atoms. The molecule has 0 saturated carbocycles. The first-order valence-corrected chi connectivity index (χ1v) is 28.2. The van der Waals surface area contributed by atoms with Crippen molar-refractivity contribution in [1.29, 1.82) is 0 Å². The van der Waals surface area contributed by atoms with Gasteiger partial charge in [-0.25, -0.2) is 0 Å². The highest BCUT2D eigenvalue weighted by Gasteiger charge is 2.03. The summed E-state index contributed by atoms with van der Waals surface area (Å²) in [7, 11) is 0. The number of carbonyl (C=O) groups is 2. The predicted octanol–water partition coefficient (Wildman–Crippen LogP) is 20.1. The first-order chi connectivity index (χ1) is 30.2. The van der Waals surface area contributed by atoms with E-state index in [4.69, 9.17) is 9.84 Å². The van der Waals surface area contributed by atoms with Crippen molar-refractivity contribution in [3.8, 4) is 0 Å². The number of allylic oxidation sites excluding steroid dienone is 2. The summed E-state index contributed by atoms with van der Waals surface area (Å²) >= 11 is 0. The Morgan fingerprint density at radius 3 is 0.820 bits per heavy atom. The zero-order valence-electron chi connectivity index (χ0n) is 41.6. The predicted molar refractivity (Wildman–Crippen MR) is 269 cm³/mol. The van der Waals surface area contributed by atoms with Gasteiger partial charge in [-0.15, -0.1) is 0 Å². The van der Waals surface area contributed by atoms with E-state index in [9.17, 15) is 9.59 Å². The average Bonchev–Trinajstić information content (AvgIpc) is 3.25. The normalized spacial score (nSPS) is 11.6. The molecule has 0 saturated heterocycles. The van der Waals surface area contributed by atoms with Crippen LogP contribution in [-0.2, 0) is 14.3 Å². The largest absolute Gasteiger partial charge is 0.481 e. The van der Waals surface area contributed by atoms with Crippen molar-refractivity contribution in [2.24, 2.45) is 0 Å². The third-order valence-electron chi connectivity index (χ3n) is 13.2. The van der Waals surface area contributed by atoms with Crippen LogP contribution in [0, 0.1) is 0 Å². The Morgan fingerprint density at radius 2 is 0.541 bits per heavy atom. The molecule has 0 aromatic carbocycles. The lowest BCUT2D eigenvalue weighted by atomic mass is 10.0. The fourth-order valence-electron chi connectivity index (χ4n) is 8.99. The summed E-state index contributed by atoms with van der Waals surface area (Å²) in [5.74, 6) is -0.628. The molecule has 0 fully saturated rings. The summed E-state index contributed by atoms with van der Waals surface area (Å²) in [6.07, 6.45) is 71.8. The second kappa shape index (κ2) is 54.8. The molecule has 0 spiro atoms. The van der Waals surface area contributed by atoms with Gasteiger partial charge in [0.1, 0.15) is 0 Å². The number of esters is 1. The second-order valence-corrected chi connectivity index (χ2v) is 19.4. The van der Waals surface area contributed by atoms with Gasteiger partial charge < -0.3 is 9.84 Å². The number of carboxylic acids is 1. The van der Waals surface area contributed by atoms with E-state index in [1.807, 2.05) is 0 Å². The van der Waals surface area contributed by atoms with E-state index in [-0.39, 0.29) is 5.97 Å². The summed E-state index contributed by atoms with van der Waals surface area (Å²) in [5, 5.41) is 8.67. The molecule has 362 valence electrons. The number of carbonyl (C=O) groups excluding carboxylic acids is 1. The molecule has 0 bridgehead atoms. The molecule has 1 N–H and O–H groups in total. The monoisotopic (exact) mass is 859 g/mol. The molecule has 0 aliphatic rings. The first-order valence-electron chi connectivity index (χ1n) is 28.2. The van der Waals surface area contributed by atoms with E-state index in [0.29, 0.717) is 19.4 Å². The van der Waals surface area contributed by atoms with Crippen LogP contribution in [0.5, 0.6) is 0 Å². The number of hydrogen-bond donors (Lipinski definition) is 1. The van der Waals surface area contributed by atoms with Crippen molar-refractivity contribution in [2.75, 3.05) is 6.61 Å². The van der Waals surface area contributed by atoms with Crippen molar-refractivity contribution in [2.45, 2.75) is 334 Å². The van der Waals surface area contributed by atoms with Crippen molar-refractivity contribution in [3.05, 3.63) is 12.2 Å². The topological polar surface area (TPSA) is 63.6 Å². The van der Waals surface area contributed by atoms with E-state index in [0.717, 1.165) is 25.7 Å². The Hall–Kier alpha value is -1.32. The molecule has 0 atom stereocenters. The molecule has 4 heteroatoms. The van der Waals surface area contributed by atoms with Gasteiger partial charge in [0.25, 0.3) is 0 Å². The molecule has 0 aromatic rings. The van der Waals surface area contributed by atoms with Gasteiger partial charge in [0, 0.05) is 12.8 Å². The fourth-order valence-corrected chi connectivity index (χ4v) is 8.99. The van der Waals surface area contributed by atoms with Gasteiger partial charge in [-0.05, 0) is 44.9 Å². The van der Waals surface area contributed by atoms with Crippen molar-refractivity contribution >= 4 is 11.9 Å². The molecular formula is C57H110O4. The molecule has 0 rings (SSSR count). The van der Waals surface area contributed by atoms with Crippen LogP contribution in [0.25, 0.3) is 0 Å². The molecule has 4 nitrogen and oxygen atoms in total. The van der Waals surface area contributed by atoms with E-state index in [2.05, 4.69) is 19.1 Å². The van der Waals surface area contributed by atoms with Crippen LogP contribution in [0.3, 0.4) is 0 Å². The molecule has 0 amide bonds. The number of carboxylic acid groups (broad SMARTS) is 1. The van der Waals surface area contributed by atoms with Crippen LogP contribution in [0.4, 0.5) is 0 Å². The number of rotatable bonds is 54. The standard InChI is InChI=1S/C57H110O4/c1-2-3-4-5-6-7-8-9-10-29-33-36-39-42-45-48-51-54-57(60)61-55-52-49-46-43-40-37-34-31-28-26-24-22-20-18-16-14-12-11-13-15-17-19-21-23-25-27-30-32-35-38-41-44-47-50-53-56(58)59/h7-8H,2-6,9-55H2,1H3,(H,58,59). The number of aliphatic carboxylic acids is 1. The van der Waals surface area contributed by atoms with Crippen molar-refractivity contribution < 1.29 is 19.4 Å². The highest BCUT2D eigenvalue weighted by Crippen LogP contribution is 2.18. The van der Waals surface area contributed by atoms with Crippen LogP contribution >= 0.6 is 0 Å². The maximum absolute atomic E-state index is 12.1. The summed E-state index contributed by atoms with van der Waals surface area (Å²) < 4.78 is 5.49. The first kappa shape index (κ1) is 59.7. The maximum atomic E-state index is 12.1. The zero-order valence-corrected chi connectivity index (χ0v) is 41.6. The Labute approximate surface area is 383 Å². The van der Waals surface area contributed by atoms with E-state index in [1.165, 1.54) is 289 Å². The van der Waals surface area contributed by atoms with E-state index >= 15 is 0 Å². The second-order valence-electron chi connectivity index (χ2n) is 19.4. The SMILES string of the molecule is CCCCCCC=CCCCCCCCCCCCC(=O)OCCCCCCCCCCCCCCCCCCCCCCCCCCCCCCCCCCCCC(=O)O.